The molecule has 0 saturated carbocycles. The summed E-state index contributed by atoms with van der Waals surface area (Å²) in [6, 6.07) is 29.5. The molecule has 0 aliphatic heterocycles. The quantitative estimate of drug-likeness (QED) is 0.0844. The van der Waals surface area contributed by atoms with Gasteiger partial charge in [0.1, 0.15) is 37.4 Å². The van der Waals surface area contributed by atoms with Gasteiger partial charge in [0, 0.05) is 0 Å². The van der Waals surface area contributed by atoms with E-state index in [0.29, 0.717) is 11.4 Å². The van der Waals surface area contributed by atoms with Gasteiger partial charge in [0.2, 0.25) is 0 Å². The summed E-state index contributed by atoms with van der Waals surface area (Å²) in [6.07, 6.45) is 0. The first-order chi connectivity index (χ1) is 24.3. The molecule has 0 radical (unpaired) electrons. The molecule has 4 N–H and O–H groups in total. The van der Waals surface area contributed by atoms with E-state index in [1.54, 1.807) is 66.7 Å². The largest absolute Gasteiger partial charge is 1.00 e. The zero-order valence-corrected chi connectivity index (χ0v) is 33.5. The Hall–Kier alpha value is -4.40. The summed E-state index contributed by atoms with van der Waals surface area (Å²) in [5.74, 6) is -0.790. The number of anilines is 1. The van der Waals surface area contributed by atoms with E-state index in [2.05, 4.69) is 30.7 Å². The van der Waals surface area contributed by atoms with E-state index in [1.165, 1.54) is 24.3 Å². The molecule has 0 fully saturated rings. The Balaban J connectivity index is 0.00000314. The van der Waals surface area contributed by atoms with Crippen molar-refractivity contribution >= 4 is 70.8 Å². The maximum atomic E-state index is 12.3. The monoisotopic (exact) mass is 767 g/mol. The number of nitrogens with two attached hydrogens (primary N) is 1. The van der Waals surface area contributed by atoms with Crippen LogP contribution in [0.25, 0.3) is 21.9 Å². The summed E-state index contributed by atoms with van der Waals surface area (Å²) in [5.41, 5.74) is 7.60. The first-order valence-electron chi connectivity index (χ1n) is 14.6. The zero-order valence-electron chi connectivity index (χ0n) is 27.9. The maximum Gasteiger partial charge on any atom is 1.00 e. The van der Waals surface area contributed by atoms with Crippen molar-refractivity contribution in [2.45, 2.75) is 9.79 Å². The van der Waals surface area contributed by atoms with Gasteiger partial charge in [-0.2, -0.15) is 20.5 Å². The molecule has 0 heterocycles. The average molecular weight is 768 g/mol. The summed E-state index contributed by atoms with van der Waals surface area (Å²) in [4.78, 5) is -1.99. The molecule has 0 aliphatic carbocycles. The molecule has 0 aliphatic rings. The number of fused-ring (bicyclic) bond motifs is 1. The summed E-state index contributed by atoms with van der Waals surface area (Å²) < 4.78 is 73.3. The molecule has 19 heteroatoms. The topological polar surface area (TPSA) is 255 Å². The van der Waals surface area contributed by atoms with Crippen molar-refractivity contribution in [1.82, 2.24) is 0 Å². The number of nitrogens with zero attached hydrogens (tertiary/aromatic N) is 6. The van der Waals surface area contributed by atoms with Crippen LogP contribution in [-0.2, 0) is 20.2 Å². The fourth-order valence-electron chi connectivity index (χ4n) is 4.88. The van der Waals surface area contributed by atoms with Crippen LogP contribution in [0, 0.1) is 0 Å². The zero-order chi connectivity index (χ0) is 36.3. The number of hydrogen-bond acceptors (Lipinski definition) is 15. The molecule has 0 unspecified atom stereocenters. The Bertz CT molecular complexity index is 2590. The molecule has 15 nitrogen and oxygen atoms in total. The van der Waals surface area contributed by atoms with Gasteiger partial charge >= 0.3 is 59.1 Å². The average Bonchev–Trinajstić information content (AvgIpc) is 3.10. The van der Waals surface area contributed by atoms with E-state index in [0.717, 1.165) is 23.3 Å². The second kappa shape index (κ2) is 17.2. The minimum absolute atomic E-state index is 0. The third-order valence-electron chi connectivity index (χ3n) is 7.34. The van der Waals surface area contributed by atoms with E-state index in [1.807, 2.05) is 12.1 Å². The number of rotatable bonds is 9. The third kappa shape index (κ3) is 9.78. The van der Waals surface area contributed by atoms with E-state index in [4.69, 9.17) is 5.73 Å². The van der Waals surface area contributed by atoms with Crippen LogP contribution in [0.15, 0.2) is 156 Å². The fraction of sp³-hybridized carbons (Fsp3) is 0. The number of benzene rings is 6. The first-order valence-corrected chi connectivity index (χ1v) is 17.4. The molecule has 6 aromatic carbocycles. The summed E-state index contributed by atoms with van der Waals surface area (Å²) in [5, 5.41) is 43.8. The molecule has 0 spiro atoms. The maximum absolute atomic E-state index is 12.3. The van der Waals surface area contributed by atoms with E-state index in [9.17, 15) is 36.2 Å². The molecule has 0 bridgehead atoms. The van der Waals surface area contributed by atoms with Crippen LogP contribution in [-0.4, -0.2) is 36.2 Å². The minimum Gasteiger partial charge on any atom is -0.744 e. The van der Waals surface area contributed by atoms with Crippen molar-refractivity contribution < 1.29 is 95.3 Å². The molecule has 53 heavy (non-hydrogen) atoms. The van der Waals surface area contributed by atoms with Gasteiger partial charge in [0.15, 0.2) is 5.75 Å². The van der Waals surface area contributed by atoms with Crippen LogP contribution in [0.2, 0.25) is 0 Å². The van der Waals surface area contributed by atoms with E-state index in [-0.39, 0.29) is 87.0 Å². The SMILES string of the molecule is Nc1c(N=Nc2ccc(-c3ccc(N=Nc4ccc(O)cc4)cc3)cc2)c(S(=O)(=O)[O-])cc2cc(S(=O)(=O)[O-])c(N=Nc3ccccc3)c(O)c12.[Na+].[Na+]. The van der Waals surface area contributed by atoms with Crippen LogP contribution >= 0.6 is 0 Å². The molecule has 256 valence electrons. The molecule has 0 aromatic heterocycles. The van der Waals surface area contributed by atoms with Gasteiger partial charge in [-0.25, -0.2) is 16.8 Å². The van der Waals surface area contributed by atoms with Crippen molar-refractivity contribution in [3.8, 4) is 22.6 Å². The van der Waals surface area contributed by atoms with Gasteiger partial charge < -0.3 is 25.1 Å². The van der Waals surface area contributed by atoms with Crippen LogP contribution in [0.1, 0.15) is 0 Å². The van der Waals surface area contributed by atoms with Gasteiger partial charge in [-0.3, -0.25) is 0 Å². The van der Waals surface area contributed by atoms with Crippen molar-refractivity contribution in [2.75, 3.05) is 5.73 Å². The van der Waals surface area contributed by atoms with Gasteiger partial charge in [-0.1, -0.05) is 42.5 Å². The Morgan fingerprint density at radius 2 is 0.887 bits per heavy atom. The van der Waals surface area contributed by atoms with Crippen LogP contribution in [0.3, 0.4) is 0 Å². The Labute approximate surface area is 347 Å². The molecular weight excluding hydrogens is 745 g/mol. The number of nitrogen functional groups attached to an aromatic ring is 1. The molecule has 0 atom stereocenters. The predicted octanol–water partition coefficient (Wildman–Crippen LogP) is 2.56. The van der Waals surface area contributed by atoms with Gasteiger partial charge in [0.05, 0.1) is 43.6 Å². The van der Waals surface area contributed by atoms with Gasteiger partial charge in [0.25, 0.3) is 0 Å². The van der Waals surface area contributed by atoms with Crippen molar-refractivity contribution in [1.29, 1.82) is 0 Å². The van der Waals surface area contributed by atoms with Crippen LogP contribution in [0.5, 0.6) is 11.5 Å². The molecule has 0 amide bonds. The van der Waals surface area contributed by atoms with E-state index < -0.39 is 52.8 Å². The smallest absolute Gasteiger partial charge is 0.744 e. The summed E-state index contributed by atoms with van der Waals surface area (Å²) >= 11 is 0. The summed E-state index contributed by atoms with van der Waals surface area (Å²) in [6.45, 7) is 0. The number of azo groups is 3. The molecule has 6 aromatic rings. The Morgan fingerprint density at radius 3 is 1.34 bits per heavy atom. The van der Waals surface area contributed by atoms with Crippen molar-refractivity contribution in [3.63, 3.8) is 0 Å². The number of phenols is 2. The van der Waals surface area contributed by atoms with Crippen molar-refractivity contribution in [3.05, 3.63) is 115 Å². The van der Waals surface area contributed by atoms with Gasteiger partial charge in [-0.05, 0) is 89.3 Å². The number of aromatic hydroxyl groups is 2. The third-order valence-corrected chi connectivity index (χ3v) is 9.04. The summed E-state index contributed by atoms with van der Waals surface area (Å²) in [7, 11) is -10.6. The van der Waals surface area contributed by atoms with Crippen molar-refractivity contribution in [2.24, 2.45) is 30.7 Å². The Kier molecular flexibility index (Phi) is 13.4. The second-order valence-electron chi connectivity index (χ2n) is 10.8. The number of phenolic OH excluding ortho intramolecular Hbond substituents is 2. The molecular formula is C34H23N7Na2O8S2. The standard InChI is InChI=1S/C34H25N7O8S2.2Na/c35-31-30-22(19-29(51(47,48)49)33(34(30)43)41-38-23-4-2-1-3-5-23)18-28(50(44,45)46)32(31)40-39-25-12-8-21(9-13-25)20-6-10-24(11-7-20)36-37-26-14-16-27(42)17-15-26;;/h1-19,42-43H,35H2,(H,44,45,46)(H,47,48,49);;/q;2*+1/p-2. The fourth-order valence-corrected chi connectivity index (χ4v) is 6.18. The van der Waals surface area contributed by atoms with Gasteiger partial charge in [-0.15, -0.1) is 10.2 Å². The molecule has 6 rings (SSSR count). The van der Waals surface area contributed by atoms with Crippen LogP contribution < -0.4 is 64.8 Å². The Morgan fingerprint density at radius 1 is 0.509 bits per heavy atom. The van der Waals surface area contributed by atoms with E-state index >= 15 is 0 Å². The van der Waals surface area contributed by atoms with Crippen LogP contribution in [0.4, 0.5) is 39.8 Å². The second-order valence-corrected chi connectivity index (χ2v) is 13.5. The minimum atomic E-state index is -5.30. The number of hydrogen-bond donors (Lipinski definition) is 3. The normalized spacial score (nSPS) is 12.0. The molecule has 0 saturated heterocycles. The predicted molar refractivity (Wildman–Crippen MR) is 185 cm³/mol. The first kappa shape index (κ1) is 41.4.